The Balaban J connectivity index is 1.45. The van der Waals surface area contributed by atoms with Crippen molar-refractivity contribution in [2.75, 3.05) is 57.5 Å². The van der Waals surface area contributed by atoms with Crippen LogP contribution in [0.15, 0.2) is 18.2 Å². The van der Waals surface area contributed by atoms with E-state index in [-0.39, 0.29) is 88.2 Å². The van der Waals surface area contributed by atoms with Gasteiger partial charge in [0.1, 0.15) is 41.0 Å². The number of thiophene rings is 1. The van der Waals surface area contributed by atoms with Crippen molar-refractivity contribution >= 4 is 49.2 Å². The van der Waals surface area contributed by atoms with Gasteiger partial charge in [-0.1, -0.05) is 6.07 Å². The Labute approximate surface area is 305 Å². The molecule has 2 amide bonds. The summed E-state index contributed by atoms with van der Waals surface area (Å²) in [5.41, 5.74) is 1.89. The molecule has 4 atom stereocenters. The number of hydrogen-bond acceptors (Lipinski definition) is 9. The maximum Gasteiger partial charge on any atom is 0.417 e. The van der Waals surface area contributed by atoms with E-state index < -0.39 is 52.2 Å². The number of likely N-dealkylation sites (tertiary alicyclic amines) is 1. The Bertz CT molecular complexity index is 2150. The minimum atomic E-state index is -5.13. The number of nitrogens with zero attached hydrogens (tertiary/aromatic N) is 7. The van der Waals surface area contributed by atoms with Gasteiger partial charge in [-0.3, -0.25) is 4.90 Å². The molecule has 5 heterocycles. The third-order valence-electron chi connectivity index (χ3n) is 10.9. The number of likely N-dealkylation sites (N-methyl/N-ethyl adjacent to an activating group) is 1. The van der Waals surface area contributed by atoms with Crippen LogP contribution in [0.2, 0.25) is 0 Å². The molecule has 0 spiro atoms. The van der Waals surface area contributed by atoms with E-state index in [9.17, 15) is 18.8 Å². The molecule has 3 aliphatic rings. The normalized spacial score (nSPS) is 23.2. The lowest BCUT2D eigenvalue weighted by molar-refractivity contribution is -0.137. The summed E-state index contributed by atoms with van der Waals surface area (Å²) in [6.07, 6.45) is -4.03. The fourth-order valence-corrected chi connectivity index (χ4v) is 9.40. The number of urea groups is 1. The molecule has 0 saturated carbocycles. The second kappa shape index (κ2) is 13.4. The number of amides is 2. The average molecular weight is 761 g/mol. The Hall–Kier alpha value is -4.56. The summed E-state index contributed by atoms with van der Waals surface area (Å²) in [7, 11) is 3.25. The van der Waals surface area contributed by atoms with Gasteiger partial charge in [-0.2, -0.15) is 28.4 Å². The Morgan fingerprint density at radius 3 is 2.66 bits per heavy atom. The highest BCUT2D eigenvalue weighted by atomic mass is 32.1. The summed E-state index contributed by atoms with van der Waals surface area (Å²) < 4.78 is 98.2. The van der Waals surface area contributed by atoms with E-state index in [4.69, 9.17) is 10.5 Å². The molecular formula is C36H38F6N8O2S. The number of rotatable bonds is 7. The molecule has 2 aromatic heterocycles. The molecule has 53 heavy (non-hydrogen) atoms. The van der Waals surface area contributed by atoms with Gasteiger partial charge in [0.05, 0.1) is 27.4 Å². The van der Waals surface area contributed by atoms with Crippen molar-refractivity contribution in [3.8, 4) is 23.2 Å². The highest BCUT2D eigenvalue weighted by molar-refractivity contribution is 7.23. The molecule has 7 rings (SSSR count). The SMILES string of the molecule is CCN(c1nc(OC[C@@]23CCCN2C[C@H](F)C3)nc2c(F)c(-c3ccc(F)c4sc(N)c(C#N)c34)c(C(F)(F)F)cc12)[C@H]1C[C@H](C)N(C(=O)N(C)C)C1. The lowest BCUT2D eigenvalue weighted by atomic mass is 9.92. The van der Waals surface area contributed by atoms with Gasteiger partial charge in [-0.05, 0) is 57.4 Å². The van der Waals surface area contributed by atoms with Gasteiger partial charge in [0.25, 0.3) is 0 Å². The number of halogens is 6. The molecule has 0 unspecified atom stereocenters. The van der Waals surface area contributed by atoms with Crippen LogP contribution >= 0.6 is 11.3 Å². The zero-order valence-electron chi connectivity index (χ0n) is 29.5. The van der Waals surface area contributed by atoms with Crippen LogP contribution in [0, 0.1) is 23.0 Å². The second-order valence-corrected chi connectivity index (χ2v) is 15.4. The summed E-state index contributed by atoms with van der Waals surface area (Å²) in [4.78, 5) is 28.8. The predicted octanol–water partition coefficient (Wildman–Crippen LogP) is 7.19. The molecule has 17 heteroatoms. The fourth-order valence-electron chi connectivity index (χ4n) is 8.45. The summed E-state index contributed by atoms with van der Waals surface area (Å²) >= 11 is 0.680. The van der Waals surface area contributed by atoms with Crippen LogP contribution in [0.4, 0.5) is 42.0 Å². The molecular weight excluding hydrogens is 723 g/mol. The van der Waals surface area contributed by atoms with Gasteiger partial charge in [-0.25, -0.2) is 18.0 Å². The van der Waals surface area contributed by atoms with Crippen molar-refractivity contribution in [3.05, 3.63) is 41.0 Å². The number of nitrogen functional groups attached to an aromatic ring is 1. The van der Waals surface area contributed by atoms with E-state index in [1.807, 2.05) is 17.9 Å². The lowest BCUT2D eigenvalue weighted by Crippen LogP contribution is -2.44. The fraction of sp³-hybridized carbons (Fsp3) is 0.500. The molecule has 0 radical (unpaired) electrons. The van der Waals surface area contributed by atoms with Crippen molar-refractivity contribution in [2.45, 2.75) is 69.5 Å². The number of nitrogens with two attached hydrogens (primary N) is 1. The van der Waals surface area contributed by atoms with Crippen LogP contribution in [0.3, 0.4) is 0 Å². The molecule has 0 aliphatic carbocycles. The van der Waals surface area contributed by atoms with Crippen LogP contribution in [-0.4, -0.2) is 101 Å². The first-order valence-corrected chi connectivity index (χ1v) is 18.2. The van der Waals surface area contributed by atoms with Crippen molar-refractivity contribution < 1.29 is 35.9 Å². The average Bonchev–Trinajstić information content (AvgIpc) is 3.84. The highest BCUT2D eigenvalue weighted by Crippen LogP contribution is 2.48. The predicted molar refractivity (Wildman–Crippen MR) is 190 cm³/mol. The lowest BCUT2D eigenvalue weighted by Gasteiger charge is -2.32. The van der Waals surface area contributed by atoms with Crippen LogP contribution in [0.5, 0.6) is 6.01 Å². The number of hydrogen-bond donors (Lipinski definition) is 1. The molecule has 282 valence electrons. The standard InChI is InChI=1S/C36H38F6N8O2S/c1-5-49(20-11-18(2)50(16-20)34(51)47(3)4)32-22-12-24(36(40,41)42)27(21-7-8-25(38)30-26(21)23(14-43)31(44)53-30)28(39)29(22)45-33(46-32)52-17-35-9-6-10-48(35)15-19(37)13-35/h7-8,12,18-20H,5-6,9-11,13,15-17,44H2,1-4H3/t18-,19+,20-,35-/m0/s1. The van der Waals surface area contributed by atoms with Crippen LogP contribution in [-0.2, 0) is 6.18 Å². The largest absolute Gasteiger partial charge is 0.461 e. The van der Waals surface area contributed by atoms with Gasteiger partial charge >= 0.3 is 18.2 Å². The van der Waals surface area contributed by atoms with Crippen molar-refractivity contribution in [1.82, 2.24) is 24.7 Å². The van der Waals surface area contributed by atoms with E-state index in [1.165, 1.54) is 4.90 Å². The van der Waals surface area contributed by atoms with E-state index in [2.05, 4.69) is 9.97 Å². The summed E-state index contributed by atoms with van der Waals surface area (Å²) in [5.74, 6) is -2.24. The number of fused-ring (bicyclic) bond motifs is 3. The maximum absolute atomic E-state index is 17.3. The number of benzene rings is 2. The Morgan fingerprint density at radius 2 is 1.98 bits per heavy atom. The summed E-state index contributed by atoms with van der Waals surface area (Å²) in [6.45, 7) is 5.00. The first-order valence-electron chi connectivity index (χ1n) is 17.4. The number of aromatic nitrogens is 2. The number of ether oxygens (including phenoxy) is 1. The third-order valence-corrected chi connectivity index (χ3v) is 11.9. The van der Waals surface area contributed by atoms with Crippen LogP contribution < -0.4 is 15.4 Å². The van der Waals surface area contributed by atoms with E-state index in [0.717, 1.165) is 24.6 Å². The van der Waals surface area contributed by atoms with Crippen molar-refractivity contribution in [1.29, 1.82) is 5.26 Å². The highest BCUT2D eigenvalue weighted by Gasteiger charge is 2.49. The van der Waals surface area contributed by atoms with Crippen LogP contribution in [0.25, 0.3) is 32.1 Å². The van der Waals surface area contributed by atoms with E-state index in [0.29, 0.717) is 30.7 Å². The first-order chi connectivity index (χ1) is 25.1. The monoisotopic (exact) mass is 760 g/mol. The first kappa shape index (κ1) is 36.8. The second-order valence-electron chi connectivity index (χ2n) is 14.3. The number of carbonyl (C=O) groups is 1. The Morgan fingerprint density at radius 1 is 1.23 bits per heavy atom. The van der Waals surface area contributed by atoms with E-state index >= 15 is 17.6 Å². The zero-order valence-corrected chi connectivity index (χ0v) is 30.3. The molecule has 4 aromatic rings. The van der Waals surface area contributed by atoms with Gasteiger partial charge in [0.2, 0.25) is 0 Å². The number of alkyl halides is 4. The summed E-state index contributed by atoms with van der Waals surface area (Å²) in [6, 6.07) is 3.32. The third kappa shape index (κ3) is 6.13. The molecule has 2 aromatic carbocycles. The molecule has 3 aliphatic heterocycles. The molecule has 2 N–H and O–H groups in total. The number of carbonyl (C=O) groups excluding carboxylic acids is 1. The molecule has 3 saturated heterocycles. The smallest absolute Gasteiger partial charge is 0.417 e. The topological polar surface area (TPSA) is 115 Å². The van der Waals surface area contributed by atoms with Gasteiger partial charge in [0, 0.05) is 62.5 Å². The number of nitriles is 1. The quantitative estimate of drug-likeness (QED) is 0.197. The minimum Gasteiger partial charge on any atom is -0.461 e. The Kier molecular flexibility index (Phi) is 9.29. The molecule has 3 fully saturated rings. The van der Waals surface area contributed by atoms with Gasteiger partial charge < -0.3 is 25.2 Å². The van der Waals surface area contributed by atoms with E-state index in [1.54, 1.807) is 30.8 Å². The number of anilines is 2. The van der Waals surface area contributed by atoms with Gasteiger partial charge in [0.15, 0.2) is 5.82 Å². The minimum absolute atomic E-state index is 0.0243. The molecule has 10 nitrogen and oxygen atoms in total. The van der Waals surface area contributed by atoms with Crippen molar-refractivity contribution in [2.24, 2.45) is 0 Å². The summed E-state index contributed by atoms with van der Waals surface area (Å²) in [5, 5.41) is 9.25. The van der Waals surface area contributed by atoms with Crippen LogP contribution in [0.1, 0.15) is 50.7 Å². The zero-order chi connectivity index (χ0) is 38.1. The molecule has 0 bridgehead atoms. The van der Waals surface area contributed by atoms with Crippen molar-refractivity contribution in [3.63, 3.8) is 0 Å². The maximum atomic E-state index is 17.3. The van der Waals surface area contributed by atoms with Gasteiger partial charge in [-0.15, -0.1) is 11.3 Å².